The van der Waals surface area contributed by atoms with Gasteiger partial charge in [0.15, 0.2) is 0 Å². The summed E-state index contributed by atoms with van der Waals surface area (Å²) in [7, 11) is 0. The summed E-state index contributed by atoms with van der Waals surface area (Å²) in [6.07, 6.45) is 1.68. The Hall–Kier alpha value is -2.38. The summed E-state index contributed by atoms with van der Waals surface area (Å²) in [6.45, 7) is 4.28. The maximum atomic E-state index is 12.8. The van der Waals surface area contributed by atoms with Crippen LogP contribution < -0.4 is 10.9 Å². The molecule has 0 aliphatic carbocycles. The number of carbonyl (C=O) groups excluding carboxylic acids is 2. The third-order valence-electron chi connectivity index (χ3n) is 4.04. The van der Waals surface area contributed by atoms with E-state index in [4.69, 9.17) is 23.2 Å². The predicted molar refractivity (Wildman–Crippen MR) is 110 cm³/mol. The number of para-hydroxylation sites is 1. The zero-order valence-electron chi connectivity index (χ0n) is 15.7. The fraction of sp³-hybridized carbons (Fsp3) is 0.368. The van der Waals surface area contributed by atoms with Crippen LogP contribution in [0, 0.1) is 0 Å². The quantitative estimate of drug-likeness (QED) is 0.702. The molecule has 0 bridgehead atoms. The van der Waals surface area contributed by atoms with E-state index < -0.39 is 11.8 Å². The maximum absolute atomic E-state index is 12.8. The average molecular weight is 425 g/mol. The predicted octanol–water partition coefficient (Wildman–Crippen LogP) is 3.45. The Morgan fingerprint density at radius 3 is 2.43 bits per heavy atom. The Labute approximate surface area is 173 Å². The van der Waals surface area contributed by atoms with Gasteiger partial charge in [0.1, 0.15) is 12.2 Å². The van der Waals surface area contributed by atoms with Crippen molar-refractivity contribution in [2.45, 2.75) is 33.2 Å². The number of aromatic nitrogens is 2. The highest BCUT2D eigenvalue weighted by Crippen LogP contribution is 2.29. The molecule has 0 unspecified atom stereocenters. The highest BCUT2D eigenvalue weighted by Gasteiger charge is 2.20. The normalized spacial score (nSPS) is 10.6. The Morgan fingerprint density at radius 2 is 1.82 bits per heavy atom. The van der Waals surface area contributed by atoms with Crippen LogP contribution in [0.15, 0.2) is 35.1 Å². The van der Waals surface area contributed by atoms with Gasteiger partial charge < -0.3 is 10.2 Å². The van der Waals surface area contributed by atoms with E-state index in [0.29, 0.717) is 22.3 Å². The molecule has 0 aliphatic rings. The SMILES string of the molecule is CCCCn1nc(C(=O)N(CC)CC(=O)Nc2c(Cl)cccc2Cl)ccc1=O. The summed E-state index contributed by atoms with van der Waals surface area (Å²) >= 11 is 12.1. The number of halogens is 2. The fourth-order valence-electron chi connectivity index (χ4n) is 2.49. The smallest absolute Gasteiger partial charge is 0.274 e. The molecule has 0 saturated carbocycles. The first kappa shape index (κ1) is 21.9. The lowest BCUT2D eigenvalue weighted by atomic mass is 10.3. The number of carbonyl (C=O) groups is 2. The molecular weight excluding hydrogens is 403 g/mol. The van der Waals surface area contributed by atoms with Crippen LogP contribution in [0.3, 0.4) is 0 Å². The molecule has 1 heterocycles. The van der Waals surface area contributed by atoms with Crippen molar-refractivity contribution >= 4 is 40.7 Å². The second-order valence-corrected chi connectivity index (χ2v) is 6.91. The fourth-order valence-corrected chi connectivity index (χ4v) is 2.98. The van der Waals surface area contributed by atoms with Crippen LogP contribution in [-0.2, 0) is 11.3 Å². The molecule has 1 aromatic heterocycles. The largest absolute Gasteiger partial charge is 0.328 e. The third kappa shape index (κ3) is 5.56. The van der Waals surface area contributed by atoms with Gasteiger partial charge in [-0.3, -0.25) is 14.4 Å². The maximum Gasteiger partial charge on any atom is 0.274 e. The molecule has 0 radical (unpaired) electrons. The Bertz CT molecular complexity index is 894. The van der Waals surface area contributed by atoms with Gasteiger partial charge in [0.05, 0.1) is 15.7 Å². The van der Waals surface area contributed by atoms with Gasteiger partial charge in [-0.25, -0.2) is 4.68 Å². The molecule has 9 heteroatoms. The summed E-state index contributed by atoms with van der Waals surface area (Å²) in [5, 5.41) is 7.37. The van der Waals surface area contributed by atoms with Crippen LogP contribution in [0.5, 0.6) is 0 Å². The lowest BCUT2D eigenvalue weighted by Crippen LogP contribution is -2.39. The van der Waals surface area contributed by atoms with Gasteiger partial charge in [-0.2, -0.15) is 5.10 Å². The van der Waals surface area contributed by atoms with E-state index in [-0.39, 0.29) is 24.3 Å². The first-order chi connectivity index (χ1) is 13.4. The number of benzene rings is 1. The van der Waals surface area contributed by atoms with Gasteiger partial charge in [0, 0.05) is 19.2 Å². The number of hydrogen-bond donors (Lipinski definition) is 1. The third-order valence-corrected chi connectivity index (χ3v) is 4.67. The van der Waals surface area contributed by atoms with Crippen molar-refractivity contribution in [1.29, 1.82) is 0 Å². The van der Waals surface area contributed by atoms with Crippen LogP contribution in [0.4, 0.5) is 5.69 Å². The summed E-state index contributed by atoms with van der Waals surface area (Å²) in [4.78, 5) is 38.3. The molecule has 7 nitrogen and oxygen atoms in total. The molecule has 0 fully saturated rings. The number of hydrogen-bond acceptors (Lipinski definition) is 4. The highest BCUT2D eigenvalue weighted by atomic mass is 35.5. The molecular formula is C19H22Cl2N4O3. The van der Waals surface area contributed by atoms with Crippen LogP contribution >= 0.6 is 23.2 Å². The lowest BCUT2D eigenvalue weighted by molar-refractivity contribution is -0.116. The van der Waals surface area contributed by atoms with E-state index in [1.54, 1.807) is 25.1 Å². The molecule has 1 aromatic carbocycles. The van der Waals surface area contributed by atoms with Gasteiger partial charge in [-0.05, 0) is 31.5 Å². The first-order valence-corrected chi connectivity index (χ1v) is 9.74. The highest BCUT2D eigenvalue weighted by molar-refractivity contribution is 6.39. The number of likely N-dealkylation sites (N-methyl/N-ethyl adjacent to an activating group) is 1. The second-order valence-electron chi connectivity index (χ2n) is 6.10. The summed E-state index contributed by atoms with van der Waals surface area (Å²) in [5.41, 5.74) is 0.144. The van der Waals surface area contributed by atoms with Crippen LogP contribution in [0.1, 0.15) is 37.2 Å². The number of rotatable bonds is 8. The van der Waals surface area contributed by atoms with Crippen molar-refractivity contribution in [2.75, 3.05) is 18.4 Å². The first-order valence-electron chi connectivity index (χ1n) is 8.98. The lowest BCUT2D eigenvalue weighted by Gasteiger charge is -2.20. The van der Waals surface area contributed by atoms with E-state index in [2.05, 4.69) is 10.4 Å². The van der Waals surface area contributed by atoms with E-state index in [1.165, 1.54) is 21.7 Å². The zero-order chi connectivity index (χ0) is 20.7. The minimum absolute atomic E-state index is 0.112. The number of nitrogens with zero attached hydrogens (tertiary/aromatic N) is 3. The Morgan fingerprint density at radius 1 is 1.14 bits per heavy atom. The topological polar surface area (TPSA) is 84.3 Å². The Balaban J connectivity index is 2.13. The molecule has 0 saturated heterocycles. The van der Waals surface area contributed by atoms with Crippen molar-refractivity contribution in [3.8, 4) is 0 Å². The molecule has 0 atom stereocenters. The molecule has 2 aromatic rings. The minimum Gasteiger partial charge on any atom is -0.328 e. The van der Waals surface area contributed by atoms with Crippen molar-refractivity contribution in [2.24, 2.45) is 0 Å². The number of nitrogens with one attached hydrogen (secondary N) is 1. The molecule has 150 valence electrons. The minimum atomic E-state index is -0.440. The van der Waals surface area contributed by atoms with Crippen molar-refractivity contribution in [3.63, 3.8) is 0 Å². The average Bonchev–Trinajstić information content (AvgIpc) is 2.68. The zero-order valence-corrected chi connectivity index (χ0v) is 17.3. The monoisotopic (exact) mass is 424 g/mol. The van der Waals surface area contributed by atoms with Gasteiger partial charge >= 0.3 is 0 Å². The molecule has 28 heavy (non-hydrogen) atoms. The van der Waals surface area contributed by atoms with E-state index in [1.807, 2.05) is 6.92 Å². The molecule has 0 aliphatic heterocycles. The molecule has 1 N–H and O–H groups in total. The van der Waals surface area contributed by atoms with Crippen molar-refractivity contribution in [1.82, 2.24) is 14.7 Å². The van der Waals surface area contributed by atoms with Gasteiger partial charge in [0.25, 0.3) is 11.5 Å². The van der Waals surface area contributed by atoms with E-state index in [9.17, 15) is 14.4 Å². The van der Waals surface area contributed by atoms with Gasteiger partial charge in [-0.1, -0.05) is 42.6 Å². The van der Waals surface area contributed by atoms with Gasteiger partial charge in [-0.15, -0.1) is 0 Å². The van der Waals surface area contributed by atoms with Crippen LogP contribution in [-0.4, -0.2) is 39.6 Å². The number of unbranched alkanes of at least 4 members (excludes halogenated alkanes) is 1. The number of anilines is 1. The number of aryl methyl sites for hydroxylation is 1. The second kappa shape index (κ2) is 10.2. The molecule has 0 spiro atoms. The number of amides is 2. The summed E-state index contributed by atoms with van der Waals surface area (Å²) < 4.78 is 1.27. The van der Waals surface area contributed by atoms with Gasteiger partial charge in [0.2, 0.25) is 5.91 Å². The van der Waals surface area contributed by atoms with Crippen LogP contribution in [0.2, 0.25) is 10.0 Å². The Kier molecular flexibility index (Phi) is 8.02. The molecule has 2 rings (SSSR count). The van der Waals surface area contributed by atoms with E-state index >= 15 is 0 Å². The summed E-state index contributed by atoms with van der Waals surface area (Å²) in [5.74, 6) is -0.877. The van der Waals surface area contributed by atoms with Crippen LogP contribution in [0.25, 0.3) is 0 Å². The van der Waals surface area contributed by atoms with Crippen molar-refractivity contribution in [3.05, 3.63) is 56.4 Å². The summed E-state index contributed by atoms with van der Waals surface area (Å²) in [6, 6.07) is 7.57. The van der Waals surface area contributed by atoms with Crippen molar-refractivity contribution < 1.29 is 9.59 Å². The molecule has 2 amide bonds. The standard InChI is InChI=1S/C19H22Cl2N4O3/c1-3-5-11-25-17(27)10-9-15(23-25)19(28)24(4-2)12-16(26)22-18-13(20)7-6-8-14(18)21/h6-10H,3-5,11-12H2,1-2H3,(H,22,26). The van der Waals surface area contributed by atoms with E-state index in [0.717, 1.165) is 12.8 Å².